The van der Waals surface area contributed by atoms with Crippen LogP contribution in [0.1, 0.15) is 18.4 Å². The van der Waals surface area contributed by atoms with Crippen molar-refractivity contribution in [3.63, 3.8) is 0 Å². The average Bonchev–Trinajstić information content (AvgIpc) is 2.86. The Balaban J connectivity index is 1.87. The van der Waals surface area contributed by atoms with Gasteiger partial charge in [-0.2, -0.15) is 0 Å². The largest absolute Gasteiger partial charge is 0.314 e. The van der Waals surface area contributed by atoms with E-state index in [0.29, 0.717) is 0 Å². The fourth-order valence-corrected chi connectivity index (χ4v) is 2.03. The normalized spacial score (nSPS) is 15.9. The Kier molecular flexibility index (Phi) is 3.32. The molecule has 0 heterocycles. The van der Waals surface area contributed by atoms with Crippen molar-refractivity contribution in [2.45, 2.75) is 25.3 Å². The first kappa shape index (κ1) is 10.3. The number of nitrogens with one attached hydrogen (secondary N) is 1. The van der Waals surface area contributed by atoms with E-state index in [1.807, 2.05) is 12.1 Å². The summed E-state index contributed by atoms with van der Waals surface area (Å²) in [6.45, 7) is 1.02. The Bertz CT molecular complexity index is 301. The molecule has 14 heavy (non-hydrogen) atoms. The fraction of sp³-hybridized carbons (Fsp3) is 0.455. The Morgan fingerprint density at radius 1 is 1.14 bits per heavy atom. The lowest BCUT2D eigenvalue weighted by molar-refractivity contribution is 0.682. The van der Waals surface area contributed by atoms with Crippen LogP contribution in [0, 0.1) is 0 Å². The van der Waals surface area contributed by atoms with E-state index in [9.17, 15) is 0 Å². The van der Waals surface area contributed by atoms with Crippen LogP contribution < -0.4 is 5.32 Å². The van der Waals surface area contributed by atoms with Gasteiger partial charge in [0.25, 0.3) is 0 Å². The molecule has 0 aliphatic heterocycles. The maximum atomic E-state index is 5.90. The lowest BCUT2D eigenvalue weighted by Crippen LogP contribution is -2.19. The molecule has 0 unspecified atom stereocenters. The predicted molar refractivity (Wildman–Crippen MR) is 61.2 cm³/mol. The van der Waals surface area contributed by atoms with Gasteiger partial charge in [0.05, 0.1) is 0 Å². The molecule has 0 radical (unpaired) electrons. The molecule has 0 spiro atoms. The van der Waals surface area contributed by atoms with Gasteiger partial charge in [-0.3, -0.25) is 0 Å². The first-order valence-corrected chi connectivity index (χ1v) is 5.68. The van der Waals surface area contributed by atoms with E-state index < -0.39 is 0 Å². The fourth-order valence-electron chi connectivity index (χ4n) is 1.46. The van der Waals surface area contributed by atoms with E-state index >= 15 is 0 Å². The van der Waals surface area contributed by atoms with Gasteiger partial charge in [0.1, 0.15) is 0 Å². The molecule has 0 amide bonds. The molecule has 1 aliphatic rings. The summed E-state index contributed by atoms with van der Waals surface area (Å²) in [6.07, 6.45) is 3.66. The summed E-state index contributed by atoms with van der Waals surface area (Å²) < 4.78 is 0. The number of halogens is 2. The first-order chi connectivity index (χ1) is 6.74. The van der Waals surface area contributed by atoms with Crippen molar-refractivity contribution in [2.24, 2.45) is 0 Å². The van der Waals surface area contributed by atoms with Crippen LogP contribution in [0.2, 0.25) is 10.0 Å². The van der Waals surface area contributed by atoms with Crippen LogP contribution in [0.25, 0.3) is 0 Å². The van der Waals surface area contributed by atoms with Gasteiger partial charge >= 0.3 is 0 Å². The third-order valence-corrected chi connectivity index (χ3v) is 2.78. The van der Waals surface area contributed by atoms with Crippen molar-refractivity contribution in [2.75, 3.05) is 6.54 Å². The van der Waals surface area contributed by atoms with Gasteiger partial charge in [0, 0.05) is 16.1 Å². The van der Waals surface area contributed by atoms with Crippen LogP contribution in [0.5, 0.6) is 0 Å². The molecule has 1 fully saturated rings. The van der Waals surface area contributed by atoms with Crippen LogP contribution in [0.4, 0.5) is 0 Å². The first-order valence-electron chi connectivity index (χ1n) is 4.92. The van der Waals surface area contributed by atoms with Crippen molar-refractivity contribution < 1.29 is 0 Å². The second-order valence-corrected chi connectivity index (χ2v) is 4.63. The van der Waals surface area contributed by atoms with Crippen LogP contribution in [-0.4, -0.2) is 12.6 Å². The van der Waals surface area contributed by atoms with Gasteiger partial charge in [-0.15, -0.1) is 0 Å². The molecule has 0 bridgehead atoms. The highest BCUT2D eigenvalue weighted by Gasteiger charge is 2.19. The van der Waals surface area contributed by atoms with Gasteiger partial charge in [-0.05, 0) is 49.6 Å². The monoisotopic (exact) mass is 229 g/mol. The number of benzene rings is 1. The lowest BCUT2D eigenvalue weighted by Gasteiger charge is -2.04. The van der Waals surface area contributed by atoms with Crippen LogP contribution in [0.3, 0.4) is 0 Å². The Labute approximate surface area is 94.4 Å². The summed E-state index contributed by atoms with van der Waals surface area (Å²) in [4.78, 5) is 0. The highest BCUT2D eigenvalue weighted by atomic mass is 35.5. The van der Waals surface area contributed by atoms with E-state index in [1.165, 1.54) is 18.4 Å². The molecule has 1 aromatic carbocycles. The second-order valence-electron chi connectivity index (χ2n) is 3.76. The maximum Gasteiger partial charge on any atom is 0.0423 e. The van der Waals surface area contributed by atoms with Crippen molar-refractivity contribution in [3.05, 3.63) is 33.8 Å². The smallest absolute Gasteiger partial charge is 0.0423 e. The molecule has 1 aliphatic carbocycles. The second kappa shape index (κ2) is 4.52. The van der Waals surface area contributed by atoms with Crippen molar-refractivity contribution in [3.8, 4) is 0 Å². The average molecular weight is 230 g/mol. The minimum atomic E-state index is 0.721. The van der Waals surface area contributed by atoms with Gasteiger partial charge in [0.2, 0.25) is 0 Å². The number of hydrogen-bond acceptors (Lipinski definition) is 1. The SMILES string of the molecule is Clc1cc(Cl)cc(CCNC2CC2)c1. The van der Waals surface area contributed by atoms with Crippen molar-refractivity contribution in [1.29, 1.82) is 0 Å². The maximum absolute atomic E-state index is 5.90. The van der Waals surface area contributed by atoms with Crippen LogP contribution in [0.15, 0.2) is 18.2 Å². The van der Waals surface area contributed by atoms with Gasteiger partial charge in [-0.25, -0.2) is 0 Å². The van der Waals surface area contributed by atoms with Crippen LogP contribution >= 0.6 is 23.2 Å². The zero-order chi connectivity index (χ0) is 9.97. The highest BCUT2D eigenvalue weighted by molar-refractivity contribution is 6.34. The Morgan fingerprint density at radius 3 is 2.36 bits per heavy atom. The van der Waals surface area contributed by atoms with Gasteiger partial charge in [0.15, 0.2) is 0 Å². The summed E-state index contributed by atoms with van der Waals surface area (Å²) in [7, 11) is 0. The molecule has 0 aromatic heterocycles. The quantitative estimate of drug-likeness (QED) is 0.836. The molecular formula is C11H13Cl2N. The van der Waals surface area contributed by atoms with E-state index in [2.05, 4.69) is 5.32 Å². The highest BCUT2D eigenvalue weighted by Crippen LogP contribution is 2.20. The molecule has 1 N–H and O–H groups in total. The van der Waals surface area contributed by atoms with Gasteiger partial charge in [-0.1, -0.05) is 23.2 Å². The molecule has 1 aromatic rings. The third-order valence-electron chi connectivity index (χ3n) is 2.35. The van der Waals surface area contributed by atoms with Crippen molar-refractivity contribution >= 4 is 23.2 Å². The summed E-state index contributed by atoms with van der Waals surface area (Å²) in [5, 5.41) is 4.90. The van der Waals surface area contributed by atoms with E-state index in [-0.39, 0.29) is 0 Å². The van der Waals surface area contributed by atoms with Crippen LogP contribution in [-0.2, 0) is 6.42 Å². The summed E-state index contributed by atoms with van der Waals surface area (Å²) in [6, 6.07) is 6.48. The zero-order valence-electron chi connectivity index (χ0n) is 7.89. The molecular weight excluding hydrogens is 217 g/mol. The lowest BCUT2D eigenvalue weighted by atomic mass is 10.1. The number of hydrogen-bond donors (Lipinski definition) is 1. The molecule has 2 rings (SSSR count). The Morgan fingerprint density at radius 2 is 1.79 bits per heavy atom. The van der Waals surface area contributed by atoms with Crippen molar-refractivity contribution in [1.82, 2.24) is 5.32 Å². The van der Waals surface area contributed by atoms with E-state index in [1.54, 1.807) is 6.07 Å². The number of rotatable bonds is 4. The summed E-state index contributed by atoms with van der Waals surface area (Å²) >= 11 is 11.8. The molecule has 0 atom stereocenters. The topological polar surface area (TPSA) is 12.0 Å². The minimum Gasteiger partial charge on any atom is -0.314 e. The summed E-state index contributed by atoms with van der Waals surface area (Å²) in [5.41, 5.74) is 1.20. The summed E-state index contributed by atoms with van der Waals surface area (Å²) in [5.74, 6) is 0. The Hall–Kier alpha value is -0.240. The molecule has 0 saturated heterocycles. The molecule has 76 valence electrons. The van der Waals surface area contributed by atoms with Gasteiger partial charge < -0.3 is 5.32 Å². The van der Waals surface area contributed by atoms with E-state index in [4.69, 9.17) is 23.2 Å². The zero-order valence-corrected chi connectivity index (χ0v) is 9.41. The molecule has 1 saturated carbocycles. The predicted octanol–water partition coefficient (Wildman–Crippen LogP) is 3.29. The third kappa shape index (κ3) is 3.16. The molecule has 1 nitrogen and oxygen atoms in total. The standard InChI is InChI=1S/C11H13Cl2N/c12-9-5-8(6-10(13)7-9)3-4-14-11-1-2-11/h5-7,11,14H,1-4H2. The van der Waals surface area contributed by atoms with E-state index in [0.717, 1.165) is 29.1 Å². The minimum absolute atomic E-state index is 0.721. The molecule has 3 heteroatoms.